The number of Topliss-reactive ketones (excluding diaryl/α,β-unsaturated/α-hetero) is 1. The number of aryl methyl sites for hydroxylation is 1. The largest absolute Gasteiger partial charge is 0.383 e. The van der Waals surface area contributed by atoms with Gasteiger partial charge >= 0.3 is 0 Å². The molecule has 2 aromatic rings. The number of nitrogen functional groups attached to an aromatic ring is 1. The van der Waals surface area contributed by atoms with Crippen LogP contribution in [-0.2, 0) is 13.5 Å². The molecule has 0 aliphatic carbocycles. The quantitative estimate of drug-likeness (QED) is 0.885. The Labute approximate surface area is 112 Å². The Kier molecular flexibility index (Phi) is 3.47. The summed E-state index contributed by atoms with van der Waals surface area (Å²) < 4.78 is 15.7. The Morgan fingerprint density at radius 3 is 2.89 bits per heavy atom. The monoisotopic (exact) mass is 311 g/mol. The van der Waals surface area contributed by atoms with Crippen LogP contribution in [-0.4, -0.2) is 15.6 Å². The van der Waals surface area contributed by atoms with Crippen LogP contribution in [0.3, 0.4) is 0 Å². The van der Waals surface area contributed by atoms with Gasteiger partial charge in [0.1, 0.15) is 11.6 Å². The van der Waals surface area contributed by atoms with Crippen LogP contribution in [0.25, 0.3) is 0 Å². The van der Waals surface area contributed by atoms with E-state index in [4.69, 9.17) is 5.73 Å². The van der Waals surface area contributed by atoms with E-state index in [9.17, 15) is 9.18 Å². The molecule has 0 saturated heterocycles. The molecule has 0 unspecified atom stereocenters. The second-order valence-corrected chi connectivity index (χ2v) is 4.82. The zero-order valence-electron chi connectivity index (χ0n) is 9.65. The number of ketones is 1. The first-order valence-electron chi connectivity index (χ1n) is 5.23. The van der Waals surface area contributed by atoms with Crippen LogP contribution in [0.4, 0.5) is 10.2 Å². The minimum Gasteiger partial charge on any atom is -0.383 e. The normalized spacial score (nSPS) is 10.6. The van der Waals surface area contributed by atoms with Crippen molar-refractivity contribution in [1.82, 2.24) is 9.78 Å². The summed E-state index contributed by atoms with van der Waals surface area (Å²) in [5.74, 6) is -0.373. The summed E-state index contributed by atoms with van der Waals surface area (Å²) in [6.07, 6.45) is 1.36. The highest BCUT2D eigenvalue weighted by Gasteiger charge is 2.16. The Morgan fingerprint density at radius 2 is 2.28 bits per heavy atom. The highest BCUT2D eigenvalue weighted by Crippen LogP contribution is 2.19. The molecule has 2 N–H and O–H groups in total. The molecule has 0 bridgehead atoms. The Balaban J connectivity index is 2.27. The molecular weight excluding hydrogens is 301 g/mol. The van der Waals surface area contributed by atoms with Crippen molar-refractivity contribution in [3.8, 4) is 0 Å². The predicted molar refractivity (Wildman–Crippen MR) is 69.8 cm³/mol. The molecule has 1 aromatic carbocycles. The van der Waals surface area contributed by atoms with Crippen molar-refractivity contribution in [2.45, 2.75) is 6.42 Å². The molecule has 0 aliphatic heterocycles. The van der Waals surface area contributed by atoms with Crippen LogP contribution in [0.15, 0.2) is 28.9 Å². The van der Waals surface area contributed by atoms with Crippen LogP contribution in [0, 0.1) is 5.82 Å². The third-order valence-electron chi connectivity index (χ3n) is 2.64. The van der Waals surface area contributed by atoms with Crippen LogP contribution >= 0.6 is 15.9 Å². The van der Waals surface area contributed by atoms with E-state index in [1.165, 1.54) is 16.9 Å². The first-order chi connectivity index (χ1) is 8.49. The molecule has 2 rings (SSSR count). The van der Waals surface area contributed by atoms with E-state index >= 15 is 0 Å². The lowest BCUT2D eigenvalue weighted by atomic mass is 10.0. The fourth-order valence-corrected chi connectivity index (χ4v) is 2.02. The van der Waals surface area contributed by atoms with E-state index in [0.29, 0.717) is 11.1 Å². The number of hydrogen-bond acceptors (Lipinski definition) is 3. The molecule has 0 aliphatic rings. The van der Waals surface area contributed by atoms with Gasteiger partial charge in [0.15, 0.2) is 5.78 Å². The maximum Gasteiger partial charge on any atom is 0.172 e. The zero-order chi connectivity index (χ0) is 13.3. The number of rotatable bonds is 3. The van der Waals surface area contributed by atoms with E-state index in [1.807, 2.05) is 0 Å². The molecule has 0 spiro atoms. The van der Waals surface area contributed by atoms with Gasteiger partial charge in [-0.1, -0.05) is 15.9 Å². The maximum absolute atomic E-state index is 13.5. The van der Waals surface area contributed by atoms with Crippen molar-refractivity contribution >= 4 is 27.5 Å². The topological polar surface area (TPSA) is 60.9 Å². The lowest BCUT2D eigenvalue weighted by Crippen LogP contribution is -2.08. The number of carbonyl (C=O) groups excluding carboxylic acids is 1. The number of anilines is 1. The molecule has 6 heteroatoms. The van der Waals surface area contributed by atoms with Gasteiger partial charge in [-0.25, -0.2) is 4.39 Å². The standard InChI is InChI=1S/C12H11BrFN3O/c1-17-12(15)9(6-16-17)11(18)5-7-4-8(13)2-3-10(7)14/h2-4,6H,5,15H2,1H3. The smallest absolute Gasteiger partial charge is 0.172 e. The summed E-state index contributed by atoms with van der Waals surface area (Å²) >= 11 is 3.24. The van der Waals surface area contributed by atoms with Crippen molar-refractivity contribution in [2.75, 3.05) is 5.73 Å². The fraction of sp³-hybridized carbons (Fsp3) is 0.167. The van der Waals surface area contributed by atoms with Gasteiger partial charge in [-0.3, -0.25) is 9.48 Å². The number of carbonyl (C=O) groups is 1. The number of benzene rings is 1. The number of aromatic nitrogens is 2. The molecule has 1 aromatic heterocycles. The van der Waals surface area contributed by atoms with E-state index in [0.717, 1.165) is 4.47 Å². The zero-order valence-corrected chi connectivity index (χ0v) is 11.2. The van der Waals surface area contributed by atoms with E-state index in [-0.39, 0.29) is 18.0 Å². The molecule has 18 heavy (non-hydrogen) atoms. The van der Waals surface area contributed by atoms with Gasteiger partial charge in [-0.2, -0.15) is 5.10 Å². The molecule has 0 saturated carbocycles. The van der Waals surface area contributed by atoms with Crippen LogP contribution in [0.2, 0.25) is 0 Å². The minimum absolute atomic E-state index is 0.0405. The van der Waals surface area contributed by atoms with Gasteiger partial charge in [0.25, 0.3) is 0 Å². The molecule has 0 fully saturated rings. The number of halogens is 2. The van der Waals surface area contributed by atoms with Gasteiger partial charge < -0.3 is 5.73 Å². The van der Waals surface area contributed by atoms with Crippen molar-refractivity contribution in [3.05, 3.63) is 45.8 Å². The average molecular weight is 312 g/mol. The van der Waals surface area contributed by atoms with Gasteiger partial charge in [0, 0.05) is 17.9 Å². The van der Waals surface area contributed by atoms with Crippen molar-refractivity contribution in [2.24, 2.45) is 7.05 Å². The lowest BCUT2D eigenvalue weighted by molar-refractivity contribution is 0.0992. The maximum atomic E-state index is 13.5. The fourth-order valence-electron chi connectivity index (χ4n) is 1.61. The van der Waals surface area contributed by atoms with Gasteiger partial charge in [-0.05, 0) is 23.8 Å². The first kappa shape index (κ1) is 12.8. The molecule has 1 heterocycles. The summed E-state index contributed by atoms with van der Waals surface area (Å²) in [5.41, 5.74) is 6.35. The van der Waals surface area contributed by atoms with Gasteiger partial charge in [0.05, 0.1) is 11.8 Å². The number of hydrogen-bond donors (Lipinski definition) is 1. The van der Waals surface area contributed by atoms with Crippen molar-refractivity contribution in [1.29, 1.82) is 0 Å². The van der Waals surface area contributed by atoms with Crippen molar-refractivity contribution < 1.29 is 9.18 Å². The molecule has 0 amide bonds. The molecule has 0 radical (unpaired) electrons. The summed E-state index contributed by atoms with van der Waals surface area (Å²) in [5, 5.41) is 3.89. The molecule has 4 nitrogen and oxygen atoms in total. The second kappa shape index (κ2) is 4.89. The van der Waals surface area contributed by atoms with Crippen LogP contribution in [0.5, 0.6) is 0 Å². The Morgan fingerprint density at radius 1 is 1.56 bits per heavy atom. The minimum atomic E-state index is -0.408. The van der Waals surface area contributed by atoms with Crippen molar-refractivity contribution in [3.63, 3.8) is 0 Å². The van der Waals surface area contributed by atoms with E-state index in [2.05, 4.69) is 21.0 Å². The summed E-state index contributed by atoms with van der Waals surface area (Å²) in [6, 6.07) is 4.49. The van der Waals surface area contributed by atoms with Crippen LogP contribution < -0.4 is 5.73 Å². The number of nitrogens with two attached hydrogens (primary N) is 1. The number of nitrogens with zero attached hydrogens (tertiary/aromatic N) is 2. The van der Waals surface area contributed by atoms with E-state index in [1.54, 1.807) is 19.2 Å². The predicted octanol–water partition coefficient (Wildman–Crippen LogP) is 2.33. The third kappa shape index (κ3) is 2.43. The van der Waals surface area contributed by atoms with Gasteiger partial charge in [-0.15, -0.1) is 0 Å². The van der Waals surface area contributed by atoms with Gasteiger partial charge in [0.2, 0.25) is 0 Å². The summed E-state index contributed by atoms with van der Waals surface area (Å²) in [4.78, 5) is 12.0. The SMILES string of the molecule is Cn1ncc(C(=O)Cc2cc(Br)ccc2F)c1N. The molecule has 0 atom stereocenters. The highest BCUT2D eigenvalue weighted by molar-refractivity contribution is 9.10. The summed E-state index contributed by atoms with van der Waals surface area (Å²) in [6.45, 7) is 0. The molecular formula is C12H11BrFN3O. The Hall–Kier alpha value is -1.69. The average Bonchev–Trinajstić information content (AvgIpc) is 2.65. The first-order valence-corrected chi connectivity index (χ1v) is 6.03. The lowest BCUT2D eigenvalue weighted by Gasteiger charge is -2.03. The third-order valence-corrected chi connectivity index (χ3v) is 3.14. The highest BCUT2D eigenvalue weighted by atomic mass is 79.9. The van der Waals surface area contributed by atoms with E-state index < -0.39 is 5.82 Å². The Bertz CT molecular complexity index is 609. The van der Waals surface area contributed by atoms with Crippen LogP contribution in [0.1, 0.15) is 15.9 Å². The second-order valence-electron chi connectivity index (χ2n) is 3.90. The summed E-state index contributed by atoms with van der Waals surface area (Å²) in [7, 11) is 1.64. The molecule has 94 valence electrons.